The molecule has 3 saturated heterocycles. The molecule has 8 rings (SSSR count). The number of phenols is 2. The van der Waals surface area contributed by atoms with Crippen molar-refractivity contribution in [3.8, 4) is 28.6 Å². The van der Waals surface area contributed by atoms with Crippen LogP contribution in [0.3, 0.4) is 0 Å². The molecule has 6 amide bonds. The Morgan fingerprint density at radius 3 is 2.31 bits per heavy atom. The molecule has 0 saturated carbocycles. The maximum atomic E-state index is 13.7. The van der Waals surface area contributed by atoms with Crippen molar-refractivity contribution < 1.29 is 43.7 Å². The van der Waals surface area contributed by atoms with Crippen LogP contribution in [0, 0.1) is 5.92 Å². The molecule has 18 heteroatoms. The summed E-state index contributed by atoms with van der Waals surface area (Å²) in [5.74, 6) is -1.51. The number of likely N-dealkylation sites (tertiary alicyclic amines) is 2. The van der Waals surface area contributed by atoms with Gasteiger partial charge in [-0.2, -0.15) is 0 Å². The smallest absolute Gasteiger partial charge is 0.414 e. The van der Waals surface area contributed by atoms with Gasteiger partial charge in [-0.05, 0) is 86.7 Å². The van der Waals surface area contributed by atoms with Crippen molar-refractivity contribution in [1.82, 2.24) is 40.1 Å². The quantitative estimate of drug-likeness (QED) is 0.154. The van der Waals surface area contributed by atoms with Crippen molar-refractivity contribution in [2.24, 2.45) is 5.92 Å². The van der Waals surface area contributed by atoms with Crippen molar-refractivity contribution in [2.75, 3.05) is 44.7 Å². The molecule has 0 spiro atoms. The van der Waals surface area contributed by atoms with E-state index in [-0.39, 0.29) is 78.2 Å². The standard InChI is InChI=1S/C47H55N9O9/c1-5-48-44(61)42-51-50-41(34-23-33(27(2)3)38(57)24-39(34)58)56(42)30-11-9-28(10-12-30)25-53-19-15-29(16-20-53)45(62)54-21-17-31(18-22-54)65-47(64)52(4)36-8-6-7-32-35(36)26-55(46(32)63)37-13-14-40(59)49-43(37)60/h6-12,23-24,27,29,31,37,57-58H,5,13-22,25-26H2,1-4H3,(H,48,61)(H,49,59,60). The van der Waals surface area contributed by atoms with E-state index in [2.05, 4.69) is 25.7 Å². The van der Waals surface area contributed by atoms with E-state index in [1.165, 1.54) is 15.9 Å². The number of benzene rings is 3. The maximum Gasteiger partial charge on any atom is 0.414 e. The summed E-state index contributed by atoms with van der Waals surface area (Å²) in [6.45, 7) is 9.30. The number of piperidine rings is 3. The summed E-state index contributed by atoms with van der Waals surface area (Å²) >= 11 is 0. The number of amides is 6. The average Bonchev–Trinajstić information content (AvgIpc) is 3.88. The maximum absolute atomic E-state index is 13.7. The molecule has 1 aromatic heterocycles. The lowest BCUT2D eigenvalue weighted by Crippen LogP contribution is -2.52. The van der Waals surface area contributed by atoms with Crippen molar-refractivity contribution >= 4 is 41.3 Å². The normalized spacial score (nSPS) is 18.5. The van der Waals surface area contributed by atoms with E-state index in [9.17, 15) is 39.0 Å². The van der Waals surface area contributed by atoms with Gasteiger partial charge in [-0.1, -0.05) is 32.0 Å². The second-order valence-corrected chi connectivity index (χ2v) is 17.5. The zero-order chi connectivity index (χ0) is 46.1. The molecule has 18 nitrogen and oxygen atoms in total. The Bertz CT molecular complexity index is 2510. The first kappa shape index (κ1) is 44.8. The van der Waals surface area contributed by atoms with Gasteiger partial charge in [-0.3, -0.25) is 43.7 Å². The zero-order valence-electron chi connectivity index (χ0n) is 37.1. The number of nitrogens with zero attached hydrogens (tertiary/aromatic N) is 7. The number of nitrogens with one attached hydrogen (secondary N) is 2. The molecular formula is C47H55N9O9. The molecule has 3 aromatic carbocycles. The van der Waals surface area contributed by atoms with E-state index >= 15 is 0 Å². The first-order chi connectivity index (χ1) is 31.2. The van der Waals surface area contributed by atoms with Crippen molar-refractivity contribution in [2.45, 2.75) is 90.4 Å². The summed E-state index contributed by atoms with van der Waals surface area (Å²) in [5.41, 5.74) is 4.16. The van der Waals surface area contributed by atoms with E-state index in [0.717, 1.165) is 31.5 Å². The molecule has 4 aliphatic rings. The number of aromatic hydroxyl groups is 2. The van der Waals surface area contributed by atoms with Gasteiger partial charge in [0.05, 0.1) is 11.3 Å². The summed E-state index contributed by atoms with van der Waals surface area (Å²) in [6, 6.07) is 15.0. The van der Waals surface area contributed by atoms with Crippen LogP contribution < -0.4 is 15.5 Å². The molecule has 0 aliphatic carbocycles. The fourth-order valence-electron chi connectivity index (χ4n) is 9.33. The Morgan fingerprint density at radius 1 is 0.908 bits per heavy atom. The minimum atomic E-state index is -0.765. The molecule has 0 radical (unpaired) electrons. The van der Waals surface area contributed by atoms with Crippen LogP contribution in [0.4, 0.5) is 10.5 Å². The highest BCUT2D eigenvalue weighted by Gasteiger charge is 2.41. The highest BCUT2D eigenvalue weighted by molar-refractivity contribution is 6.06. The summed E-state index contributed by atoms with van der Waals surface area (Å²) in [4.78, 5) is 84.8. The van der Waals surface area contributed by atoms with Crippen molar-refractivity contribution in [3.05, 3.63) is 82.7 Å². The topological polar surface area (TPSA) is 220 Å². The summed E-state index contributed by atoms with van der Waals surface area (Å²) in [5, 5.41) is 34.9. The first-order valence-corrected chi connectivity index (χ1v) is 22.3. The SMILES string of the molecule is CCNC(=O)c1nnc(-c2cc(C(C)C)c(O)cc2O)n1-c1ccc(CN2CCC(C(=O)N3CCC(OC(=O)N(C)c4cccc5c4CN(C4CCC(=O)NC4=O)C5=O)CC3)CC2)cc1. The Hall–Kier alpha value is -6.82. The first-order valence-electron chi connectivity index (χ1n) is 22.3. The van der Waals surface area contributed by atoms with Crippen LogP contribution in [-0.2, 0) is 32.2 Å². The van der Waals surface area contributed by atoms with Crippen molar-refractivity contribution in [1.29, 1.82) is 0 Å². The number of phenolic OH excluding ortho intramolecular Hbond substituents is 2. The summed E-state index contributed by atoms with van der Waals surface area (Å²) in [7, 11) is 1.59. The molecule has 1 atom stereocenters. The van der Waals surface area contributed by atoms with Gasteiger partial charge >= 0.3 is 6.09 Å². The van der Waals surface area contributed by atoms with E-state index in [4.69, 9.17) is 4.74 Å². The number of carbonyl (C=O) groups excluding carboxylic acids is 6. The number of carbonyl (C=O) groups is 6. The molecule has 0 bridgehead atoms. The van der Waals surface area contributed by atoms with Gasteiger partial charge in [0, 0.05) is 87.8 Å². The monoisotopic (exact) mass is 889 g/mol. The van der Waals surface area contributed by atoms with E-state index in [1.807, 2.05) is 49.9 Å². The number of hydrogen-bond acceptors (Lipinski definition) is 12. The zero-order valence-corrected chi connectivity index (χ0v) is 37.1. The number of aromatic nitrogens is 3. The van der Waals surface area contributed by atoms with Gasteiger partial charge in [0.15, 0.2) is 5.82 Å². The molecular weight excluding hydrogens is 835 g/mol. The van der Waals surface area contributed by atoms with Crippen LogP contribution in [0.5, 0.6) is 11.5 Å². The molecule has 4 N–H and O–H groups in total. The second kappa shape index (κ2) is 18.7. The third kappa shape index (κ3) is 9.12. The summed E-state index contributed by atoms with van der Waals surface area (Å²) < 4.78 is 7.52. The lowest BCUT2D eigenvalue weighted by Gasteiger charge is -2.37. The van der Waals surface area contributed by atoms with Crippen LogP contribution in [0.25, 0.3) is 17.1 Å². The van der Waals surface area contributed by atoms with Crippen LogP contribution in [0.1, 0.15) is 103 Å². The van der Waals surface area contributed by atoms with Gasteiger partial charge in [0.1, 0.15) is 23.6 Å². The summed E-state index contributed by atoms with van der Waals surface area (Å²) in [6.07, 6.45) is 1.89. The number of imide groups is 1. The van der Waals surface area contributed by atoms with Gasteiger partial charge in [0.25, 0.3) is 11.8 Å². The Kier molecular flexibility index (Phi) is 12.9. The van der Waals surface area contributed by atoms with Gasteiger partial charge in [-0.25, -0.2) is 4.79 Å². The highest BCUT2D eigenvalue weighted by atomic mass is 16.6. The third-order valence-corrected chi connectivity index (χ3v) is 13.0. The number of rotatable bonds is 11. The predicted octanol–water partition coefficient (Wildman–Crippen LogP) is 4.46. The molecule has 65 heavy (non-hydrogen) atoms. The number of anilines is 1. The molecule has 3 fully saturated rings. The Morgan fingerprint density at radius 2 is 1.63 bits per heavy atom. The Labute approximate surface area is 376 Å². The van der Waals surface area contributed by atoms with Gasteiger partial charge in [-0.15, -0.1) is 10.2 Å². The minimum Gasteiger partial charge on any atom is -0.508 e. The third-order valence-electron chi connectivity index (χ3n) is 13.0. The number of ether oxygens (including phenoxy) is 1. The van der Waals surface area contributed by atoms with Crippen LogP contribution in [-0.4, -0.2) is 127 Å². The van der Waals surface area contributed by atoms with Crippen LogP contribution in [0.2, 0.25) is 0 Å². The predicted molar refractivity (Wildman–Crippen MR) is 237 cm³/mol. The minimum absolute atomic E-state index is 0.0297. The molecule has 342 valence electrons. The fourth-order valence-corrected chi connectivity index (χ4v) is 9.33. The van der Waals surface area contributed by atoms with E-state index < -0.39 is 23.9 Å². The highest BCUT2D eigenvalue weighted by Crippen LogP contribution is 2.39. The van der Waals surface area contributed by atoms with Gasteiger partial charge < -0.3 is 30.1 Å². The fraction of sp³-hybridized carbons (Fsp3) is 0.447. The Balaban J connectivity index is 0.830. The van der Waals surface area contributed by atoms with Crippen molar-refractivity contribution in [3.63, 3.8) is 0 Å². The number of hydrogen-bond donors (Lipinski definition) is 4. The van der Waals surface area contributed by atoms with Crippen LogP contribution in [0.15, 0.2) is 54.6 Å². The number of fused-ring (bicyclic) bond motifs is 1. The largest absolute Gasteiger partial charge is 0.508 e. The lowest BCUT2D eigenvalue weighted by atomic mass is 9.93. The molecule has 4 aliphatic heterocycles. The van der Waals surface area contributed by atoms with E-state index in [1.54, 1.807) is 35.9 Å². The second-order valence-electron chi connectivity index (χ2n) is 17.5. The molecule has 4 aromatic rings. The average molecular weight is 890 g/mol. The van der Waals surface area contributed by atoms with Crippen LogP contribution >= 0.6 is 0 Å². The molecule has 5 heterocycles. The van der Waals surface area contributed by atoms with E-state index in [0.29, 0.717) is 72.6 Å². The van der Waals surface area contributed by atoms with Gasteiger partial charge in [0.2, 0.25) is 23.5 Å². The molecule has 1 unspecified atom stereocenters. The lowest BCUT2D eigenvalue weighted by molar-refractivity contribution is -0.139.